The van der Waals surface area contributed by atoms with Crippen LogP contribution in [0.3, 0.4) is 0 Å². The van der Waals surface area contributed by atoms with Crippen molar-refractivity contribution in [3.63, 3.8) is 0 Å². The van der Waals surface area contributed by atoms with E-state index in [1.54, 1.807) is 48.7 Å². The van der Waals surface area contributed by atoms with Gasteiger partial charge in [-0.05, 0) is 61.9 Å². The lowest BCUT2D eigenvalue weighted by molar-refractivity contribution is -0.138. The summed E-state index contributed by atoms with van der Waals surface area (Å²) in [5.74, 6) is -7.18. The van der Waals surface area contributed by atoms with Crippen LogP contribution in [-0.2, 0) is 56.0 Å². The second-order valence-electron chi connectivity index (χ2n) is 18.2. The van der Waals surface area contributed by atoms with Gasteiger partial charge in [-0.3, -0.25) is 48.1 Å². The summed E-state index contributed by atoms with van der Waals surface area (Å²) in [7, 11) is 0. The number of hydrogen-bond acceptors (Lipinski definition) is 14. The van der Waals surface area contributed by atoms with Crippen LogP contribution in [0.25, 0.3) is 10.9 Å². The van der Waals surface area contributed by atoms with Crippen LogP contribution in [0.2, 0.25) is 0 Å². The zero-order chi connectivity index (χ0) is 55.4. The number of amides is 8. The lowest BCUT2D eigenvalue weighted by atomic mass is 10.0. The number of carbonyl (C=O) groups excluding carboxylic acids is 8. The summed E-state index contributed by atoms with van der Waals surface area (Å²) < 4.78 is 0. The Hall–Kier alpha value is -8.12. The normalized spacial score (nSPS) is 15.5. The molecule has 1 aromatic heterocycles. The number of fused-ring (bicyclic) bond motifs is 1. The summed E-state index contributed by atoms with van der Waals surface area (Å²) in [6.07, 6.45) is 9.54. The van der Waals surface area contributed by atoms with Crippen molar-refractivity contribution in [2.45, 2.75) is 133 Å². The molecule has 4 rings (SSSR count). The number of rotatable bonds is 34. The number of nitrogens with zero attached hydrogens (tertiary/aromatic N) is 2. The maximum absolute atomic E-state index is 14.6. The third kappa shape index (κ3) is 20.7. The zero-order valence-electron chi connectivity index (χ0n) is 42.8. The van der Waals surface area contributed by atoms with Gasteiger partial charge < -0.3 is 69.5 Å². The van der Waals surface area contributed by atoms with E-state index in [1.807, 2.05) is 25.1 Å². The van der Waals surface area contributed by atoms with Crippen LogP contribution in [0.15, 0.2) is 82.9 Å². The number of nitrogens with two attached hydrogens (primary N) is 2. The SMILES string of the molecule is CCCC[C@H](NC(C)=O)C(=O)N[C@H](CCCN)C(=O)N[C@@H](CC1C=NC=N1)C(=O)N[C@H](Cc1ccccc1)C(=O)N[C@@H](CCC(=O)O)C(=O)N[C@@H](Cc1c[nH]c2ccccc12)C(=O)NCC(=O)N[C@H](CN)C/C=C/C=N. The third-order valence-electron chi connectivity index (χ3n) is 12.2. The average Bonchev–Trinajstić information content (AvgIpc) is 4.08. The fraction of sp³-hybridized carbons (Fsp3) is 0.462. The van der Waals surface area contributed by atoms with Crippen molar-refractivity contribution in [1.29, 1.82) is 5.41 Å². The summed E-state index contributed by atoms with van der Waals surface area (Å²) in [4.78, 5) is 133. The molecule has 76 heavy (non-hydrogen) atoms. The monoisotopic (exact) mass is 1050 g/mol. The van der Waals surface area contributed by atoms with E-state index in [1.165, 1.54) is 25.6 Å². The maximum Gasteiger partial charge on any atom is 0.303 e. The van der Waals surface area contributed by atoms with Gasteiger partial charge in [-0.1, -0.05) is 74.4 Å². The Morgan fingerprint density at radius 3 is 1.93 bits per heavy atom. The molecule has 24 nitrogen and oxygen atoms in total. The Kier molecular flexibility index (Phi) is 25.6. The fourth-order valence-corrected chi connectivity index (χ4v) is 8.19. The topological polar surface area (TPSA) is 386 Å². The van der Waals surface area contributed by atoms with Gasteiger partial charge in [0.2, 0.25) is 47.3 Å². The molecule has 8 atom stereocenters. The Bertz CT molecular complexity index is 2540. The van der Waals surface area contributed by atoms with E-state index in [0.717, 1.165) is 23.5 Å². The number of aliphatic imine (C=N–C) groups is 2. The molecular formula is C52H72N14O10. The van der Waals surface area contributed by atoms with Crippen LogP contribution in [0.5, 0.6) is 0 Å². The van der Waals surface area contributed by atoms with E-state index < -0.39 is 121 Å². The third-order valence-corrected chi connectivity index (χ3v) is 12.2. The number of H-pyrrole nitrogens is 1. The fourth-order valence-electron chi connectivity index (χ4n) is 8.19. The number of aliphatic carboxylic acids is 1. The first-order valence-corrected chi connectivity index (χ1v) is 25.3. The van der Waals surface area contributed by atoms with E-state index in [9.17, 15) is 48.3 Å². The van der Waals surface area contributed by atoms with Gasteiger partial charge in [0, 0.05) is 74.7 Å². The number of para-hydroxylation sites is 1. The molecule has 1 aliphatic heterocycles. The minimum atomic E-state index is -1.59. The van der Waals surface area contributed by atoms with Crippen molar-refractivity contribution in [1.82, 2.24) is 47.5 Å². The van der Waals surface area contributed by atoms with Gasteiger partial charge in [0.1, 0.15) is 42.6 Å². The van der Waals surface area contributed by atoms with E-state index in [2.05, 4.69) is 57.5 Å². The highest BCUT2D eigenvalue weighted by Gasteiger charge is 2.35. The van der Waals surface area contributed by atoms with E-state index in [-0.39, 0.29) is 38.8 Å². The van der Waals surface area contributed by atoms with E-state index in [4.69, 9.17) is 16.9 Å². The second-order valence-corrected chi connectivity index (χ2v) is 18.2. The van der Waals surface area contributed by atoms with Crippen molar-refractivity contribution in [2.24, 2.45) is 21.5 Å². The molecule has 24 heteroatoms. The molecule has 15 N–H and O–H groups in total. The van der Waals surface area contributed by atoms with Crippen molar-refractivity contribution in [2.75, 3.05) is 19.6 Å². The Morgan fingerprint density at radius 2 is 1.32 bits per heavy atom. The summed E-state index contributed by atoms with van der Waals surface area (Å²) in [6, 6.07) is 6.66. The molecule has 0 aliphatic carbocycles. The molecule has 0 spiro atoms. The minimum absolute atomic E-state index is 0.0716. The van der Waals surface area contributed by atoms with E-state index >= 15 is 0 Å². The molecule has 0 saturated heterocycles. The summed E-state index contributed by atoms with van der Waals surface area (Å²) >= 11 is 0. The van der Waals surface area contributed by atoms with Gasteiger partial charge in [0.15, 0.2) is 0 Å². The quantitative estimate of drug-likeness (QED) is 0.0343. The van der Waals surface area contributed by atoms with Crippen molar-refractivity contribution in [3.05, 3.63) is 84.1 Å². The van der Waals surface area contributed by atoms with Crippen LogP contribution in [-0.4, -0.2) is 150 Å². The van der Waals surface area contributed by atoms with Gasteiger partial charge in [-0.2, -0.15) is 0 Å². The van der Waals surface area contributed by atoms with Crippen molar-refractivity contribution < 1.29 is 48.3 Å². The number of aromatic amines is 1. The van der Waals surface area contributed by atoms with Crippen LogP contribution < -0.4 is 54.0 Å². The summed E-state index contributed by atoms with van der Waals surface area (Å²) in [5, 5.41) is 38.9. The molecule has 8 amide bonds. The van der Waals surface area contributed by atoms with Gasteiger partial charge in [-0.15, -0.1) is 0 Å². The highest BCUT2D eigenvalue weighted by molar-refractivity contribution is 5.98. The molecule has 0 saturated carbocycles. The smallest absolute Gasteiger partial charge is 0.303 e. The first-order chi connectivity index (χ1) is 36.5. The number of hydrogen-bond donors (Lipinski definition) is 13. The van der Waals surface area contributed by atoms with Crippen LogP contribution >= 0.6 is 0 Å². The zero-order valence-corrected chi connectivity index (χ0v) is 42.8. The first kappa shape index (κ1) is 60.4. The number of carbonyl (C=O) groups is 9. The molecule has 0 bridgehead atoms. The first-order valence-electron chi connectivity index (χ1n) is 25.3. The van der Waals surface area contributed by atoms with Gasteiger partial charge in [0.25, 0.3) is 0 Å². The van der Waals surface area contributed by atoms with E-state index in [0.29, 0.717) is 36.8 Å². The predicted octanol–water partition coefficient (Wildman–Crippen LogP) is -0.297. The number of allylic oxidation sites excluding steroid dienone is 1. The Morgan fingerprint density at radius 1 is 0.724 bits per heavy atom. The number of benzene rings is 2. The van der Waals surface area contributed by atoms with Gasteiger partial charge in [-0.25, -0.2) is 4.99 Å². The number of aromatic nitrogens is 1. The largest absolute Gasteiger partial charge is 0.481 e. The number of carboxylic acid groups (broad SMARTS) is 1. The minimum Gasteiger partial charge on any atom is -0.481 e. The molecule has 2 aromatic carbocycles. The van der Waals surface area contributed by atoms with Crippen LogP contribution in [0.4, 0.5) is 0 Å². The Balaban J connectivity index is 1.62. The lowest BCUT2D eigenvalue weighted by Crippen LogP contribution is -2.60. The standard InChI is InChI=1S/C52H72N14O10/c1-3-4-17-39(60-32(2)67)48(72)62-40(19-12-23-54)49(73)66-44(26-36-29-56-31-59-36)52(76)64-42(24-33-13-6-5-7-14-33)51(75)63-41(20-21-46(69)70)50(74)65-43(25-34-28-57-38-18-9-8-16-37(34)38)47(71)58-30-45(68)61-35(27-55)15-10-11-22-53/h5-11,13-14,16,18,22,28-29,31,35-36,39-44,53,57H,3-4,12,15,17,19-21,23-27,30,54-55H2,1-2H3,(H,58,71)(H,60,67)(H,61,68)(H,62,72)(H,63,75)(H,64,76)(H,65,74)(H,66,73)(H,69,70)/b11-10+,53-22?/t35-,36?,39-,40+,41-,42+,43-,44-/m0/s1. The van der Waals surface area contributed by atoms with Gasteiger partial charge >= 0.3 is 5.97 Å². The maximum atomic E-state index is 14.6. The highest BCUT2D eigenvalue weighted by atomic mass is 16.4. The molecule has 1 unspecified atom stereocenters. The molecule has 410 valence electrons. The molecular weight excluding hydrogens is 981 g/mol. The van der Waals surface area contributed by atoms with Crippen LogP contribution in [0.1, 0.15) is 82.8 Å². The number of carboxylic acids is 1. The van der Waals surface area contributed by atoms with Crippen LogP contribution in [0, 0.1) is 5.41 Å². The molecule has 1 aliphatic rings. The molecule has 3 aromatic rings. The number of unbranched alkanes of at least 4 members (excludes halogenated alkanes) is 1. The number of nitrogens with one attached hydrogen (secondary N) is 10. The van der Waals surface area contributed by atoms with Crippen molar-refractivity contribution >= 4 is 82.9 Å². The second kappa shape index (κ2) is 32.2. The molecule has 0 fully saturated rings. The lowest BCUT2D eigenvalue weighted by Gasteiger charge is -2.28. The average molecular weight is 1050 g/mol. The summed E-state index contributed by atoms with van der Waals surface area (Å²) in [6.45, 7) is 2.93. The Labute approximate surface area is 440 Å². The predicted molar refractivity (Wildman–Crippen MR) is 286 cm³/mol. The van der Waals surface area contributed by atoms with Crippen molar-refractivity contribution in [3.8, 4) is 0 Å². The highest BCUT2D eigenvalue weighted by Crippen LogP contribution is 2.20. The summed E-state index contributed by atoms with van der Waals surface area (Å²) in [5.41, 5.74) is 13.5. The van der Waals surface area contributed by atoms with Gasteiger partial charge in [0.05, 0.1) is 12.6 Å². The molecule has 2 heterocycles. The molecule has 0 radical (unpaired) electrons.